The summed E-state index contributed by atoms with van der Waals surface area (Å²) in [6.45, 7) is 2.97. The molecule has 2 aromatic heterocycles. The van der Waals surface area contributed by atoms with Crippen molar-refractivity contribution in [3.8, 4) is 0 Å². The van der Waals surface area contributed by atoms with Crippen molar-refractivity contribution in [3.05, 3.63) is 18.2 Å². The summed E-state index contributed by atoms with van der Waals surface area (Å²) in [4.78, 5) is 6.76. The topological polar surface area (TPSA) is 34.2 Å². The van der Waals surface area contributed by atoms with Gasteiger partial charge in [0.15, 0.2) is 0 Å². The predicted molar refractivity (Wildman–Crippen MR) is 48.3 cm³/mol. The van der Waals surface area contributed by atoms with E-state index in [0.717, 1.165) is 36.7 Å². The monoisotopic (exact) mass is 177 g/mol. The number of hydrogen-bond donors (Lipinski definition) is 0. The lowest BCUT2D eigenvalue weighted by Crippen LogP contribution is -2.30. The van der Waals surface area contributed by atoms with E-state index in [0.29, 0.717) is 0 Å². The van der Waals surface area contributed by atoms with Gasteiger partial charge in [-0.1, -0.05) is 0 Å². The number of nitrogens with zero attached hydrogens (tertiary/aromatic N) is 3. The minimum absolute atomic E-state index is 0.920. The molecule has 0 fully saturated rings. The van der Waals surface area contributed by atoms with Crippen LogP contribution in [0.15, 0.2) is 16.7 Å². The average Bonchev–Trinajstić information content (AvgIpc) is 2.62. The van der Waals surface area contributed by atoms with Crippen LogP contribution in [-0.2, 0) is 13.1 Å². The van der Waals surface area contributed by atoms with Gasteiger partial charge in [-0.2, -0.15) is 0 Å². The number of imidazole rings is 1. The first-order chi connectivity index (χ1) is 6.34. The third-order valence-electron chi connectivity index (χ3n) is 2.55. The molecular formula is C9H11N3O. The van der Waals surface area contributed by atoms with Crippen molar-refractivity contribution in [1.82, 2.24) is 14.5 Å². The van der Waals surface area contributed by atoms with Gasteiger partial charge in [0.05, 0.1) is 12.8 Å². The van der Waals surface area contributed by atoms with Crippen molar-refractivity contribution in [3.63, 3.8) is 0 Å². The molecule has 0 unspecified atom stereocenters. The van der Waals surface area contributed by atoms with Gasteiger partial charge in [-0.25, -0.2) is 4.98 Å². The van der Waals surface area contributed by atoms with Crippen molar-refractivity contribution in [2.24, 2.45) is 0 Å². The molecule has 68 valence electrons. The first kappa shape index (κ1) is 7.15. The molecule has 4 heteroatoms. The minimum Gasteiger partial charge on any atom is -0.446 e. The first-order valence-electron chi connectivity index (χ1n) is 4.46. The van der Waals surface area contributed by atoms with E-state index >= 15 is 0 Å². The highest BCUT2D eigenvalue weighted by Crippen LogP contribution is 2.20. The molecular weight excluding hydrogens is 166 g/mol. The summed E-state index contributed by atoms with van der Waals surface area (Å²) in [6.07, 6.45) is 1.70. The normalized spacial score (nSPS) is 17.9. The molecule has 0 saturated carbocycles. The van der Waals surface area contributed by atoms with Gasteiger partial charge in [-0.15, -0.1) is 0 Å². The molecule has 0 radical (unpaired) electrons. The van der Waals surface area contributed by atoms with Gasteiger partial charge >= 0.3 is 0 Å². The Morgan fingerprint density at radius 3 is 3.31 bits per heavy atom. The van der Waals surface area contributed by atoms with Gasteiger partial charge in [0.2, 0.25) is 5.71 Å². The molecule has 0 spiro atoms. The van der Waals surface area contributed by atoms with E-state index in [4.69, 9.17) is 4.42 Å². The molecule has 1 aliphatic rings. The van der Waals surface area contributed by atoms with Crippen LogP contribution < -0.4 is 0 Å². The van der Waals surface area contributed by atoms with Gasteiger partial charge in [-0.05, 0) is 7.05 Å². The Bertz CT molecular complexity index is 443. The maximum absolute atomic E-state index is 5.37. The number of furan rings is 1. The molecule has 1 aliphatic heterocycles. The highest BCUT2D eigenvalue weighted by Gasteiger charge is 2.18. The molecule has 0 saturated heterocycles. The Morgan fingerprint density at radius 1 is 1.46 bits per heavy atom. The third kappa shape index (κ3) is 0.920. The lowest BCUT2D eigenvalue weighted by Gasteiger charge is -2.22. The van der Waals surface area contributed by atoms with E-state index in [1.807, 2.05) is 6.07 Å². The molecule has 0 bridgehead atoms. The average molecular weight is 177 g/mol. The zero-order chi connectivity index (χ0) is 8.84. The quantitative estimate of drug-likeness (QED) is 0.603. The number of likely N-dealkylation sites (N-methyl/N-ethyl adjacent to an activating group) is 1. The fourth-order valence-corrected chi connectivity index (χ4v) is 1.84. The van der Waals surface area contributed by atoms with Gasteiger partial charge < -0.3 is 4.42 Å². The van der Waals surface area contributed by atoms with Crippen molar-refractivity contribution < 1.29 is 4.42 Å². The Labute approximate surface area is 75.8 Å². The van der Waals surface area contributed by atoms with Crippen LogP contribution in [0.2, 0.25) is 0 Å². The molecule has 0 atom stereocenters. The lowest BCUT2D eigenvalue weighted by atomic mass is 10.4. The Morgan fingerprint density at radius 2 is 2.38 bits per heavy atom. The maximum Gasteiger partial charge on any atom is 0.226 e. The summed E-state index contributed by atoms with van der Waals surface area (Å²) in [7, 11) is 2.11. The van der Waals surface area contributed by atoms with E-state index in [2.05, 4.69) is 21.5 Å². The fourth-order valence-electron chi connectivity index (χ4n) is 1.84. The molecule has 2 aromatic rings. The zero-order valence-electron chi connectivity index (χ0n) is 7.53. The molecule has 3 rings (SSSR count). The van der Waals surface area contributed by atoms with Gasteiger partial charge in [-0.3, -0.25) is 9.47 Å². The summed E-state index contributed by atoms with van der Waals surface area (Å²) in [5.74, 6) is 1.11. The van der Waals surface area contributed by atoms with Crippen LogP contribution in [0.1, 0.15) is 5.82 Å². The highest BCUT2D eigenvalue weighted by molar-refractivity contribution is 5.69. The van der Waals surface area contributed by atoms with Crippen LogP contribution in [0.3, 0.4) is 0 Å². The molecule has 0 aliphatic carbocycles. The van der Waals surface area contributed by atoms with E-state index in [1.165, 1.54) is 0 Å². The predicted octanol–water partition coefficient (Wildman–Crippen LogP) is 1.07. The maximum atomic E-state index is 5.37. The van der Waals surface area contributed by atoms with Gasteiger partial charge in [0.1, 0.15) is 11.3 Å². The second kappa shape index (κ2) is 2.35. The second-order valence-electron chi connectivity index (χ2n) is 3.53. The van der Waals surface area contributed by atoms with Crippen LogP contribution >= 0.6 is 0 Å². The SMILES string of the molecule is CN1CCn2c(nc3ccoc32)C1. The lowest BCUT2D eigenvalue weighted by molar-refractivity contribution is 0.264. The molecule has 0 amide bonds. The number of rotatable bonds is 0. The molecule has 0 N–H and O–H groups in total. The van der Waals surface area contributed by atoms with Crippen LogP contribution in [0, 0.1) is 0 Å². The van der Waals surface area contributed by atoms with Crippen molar-refractivity contribution >= 4 is 11.2 Å². The van der Waals surface area contributed by atoms with Crippen molar-refractivity contribution in [1.29, 1.82) is 0 Å². The van der Waals surface area contributed by atoms with E-state index in [9.17, 15) is 0 Å². The Balaban J connectivity index is 2.22. The van der Waals surface area contributed by atoms with Crippen LogP contribution in [0.5, 0.6) is 0 Å². The molecule has 0 aromatic carbocycles. The number of aromatic nitrogens is 2. The smallest absolute Gasteiger partial charge is 0.226 e. The Kier molecular flexibility index (Phi) is 1.29. The van der Waals surface area contributed by atoms with Gasteiger partial charge in [0.25, 0.3) is 0 Å². The Hall–Kier alpha value is -1.29. The highest BCUT2D eigenvalue weighted by atomic mass is 16.3. The first-order valence-corrected chi connectivity index (χ1v) is 4.46. The summed E-state index contributed by atoms with van der Waals surface area (Å²) in [5, 5.41) is 0. The van der Waals surface area contributed by atoms with Crippen LogP contribution in [-0.4, -0.2) is 28.0 Å². The standard InChI is InChI=1S/C9H11N3O/c1-11-3-4-12-8(6-11)10-7-2-5-13-9(7)12/h2,5H,3-4,6H2,1H3. The second-order valence-corrected chi connectivity index (χ2v) is 3.53. The third-order valence-corrected chi connectivity index (χ3v) is 2.55. The van der Waals surface area contributed by atoms with E-state index in [-0.39, 0.29) is 0 Å². The number of hydrogen-bond acceptors (Lipinski definition) is 3. The summed E-state index contributed by atoms with van der Waals surface area (Å²) in [6, 6.07) is 1.92. The largest absolute Gasteiger partial charge is 0.446 e. The summed E-state index contributed by atoms with van der Waals surface area (Å²) < 4.78 is 7.54. The zero-order valence-corrected chi connectivity index (χ0v) is 7.53. The van der Waals surface area contributed by atoms with Gasteiger partial charge in [0, 0.05) is 19.2 Å². The van der Waals surface area contributed by atoms with Crippen LogP contribution in [0.25, 0.3) is 11.2 Å². The van der Waals surface area contributed by atoms with Crippen LogP contribution in [0.4, 0.5) is 0 Å². The summed E-state index contributed by atoms with van der Waals surface area (Å²) >= 11 is 0. The summed E-state index contributed by atoms with van der Waals surface area (Å²) in [5.41, 5.74) is 1.90. The molecule has 4 nitrogen and oxygen atoms in total. The van der Waals surface area contributed by atoms with E-state index in [1.54, 1.807) is 6.26 Å². The minimum atomic E-state index is 0.920. The molecule has 3 heterocycles. The van der Waals surface area contributed by atoms with E-state index < -0.39 is 0 Å². The molecule has 13 heavy (non-hydrogen) atoms. The number of fused-ring (bicyclic) bond motifs is 3. The van der Waals surface area contributed by atoms with Crippen molar-refractivity contribution in [2.75, 3.05) is 13.6 Å². The van der Waals surface area contributed by atoms with Crippen molar-refractivity contribution in [2.45, 2.75) is 13.1 Å². The fraction of sp³-hybridized carbons (Fsp3) is 0.444.